The number of H-pyrrole nitrogens is 1. The summed E-state index contributed by atoms with van der Waals surface area (Å²) in [5, 5.41) is 9.36. The highest BCUT2D eigenvalue weighted by atomic mass is 35.5. The van der Waals surface area contributed by atoms with Crippen LogP contribution >= 0.6 is 11.6 Å². The monoisotopic (exact) mass is 429 g/mol. The number of carbonyl (C=O) groups is 1. The van der Waals surface area contributed by atoms with Gasteiger partial charge in [-0.25, -0.2) is 0 Å². The van der Waals surface area contributed by atoms with Crippen molar-refractivity contribution in [2.45, 2.75) is 32.2 Å². The maximum absolute atomic E-state index is 13.4. The summed E-state index contributed by atoms with van der Waals surface area (Å²) in [7, 11) is 0. The van der Waals surface area contributed by atoms with Gasteiger partial charge in [0.15, 0.2) is 0 Å². The Hall–Kier alpha value is -3.11. The molecule has 3 aromatic carbocycles. The first kappa shape index (κ1) is 19.8. The highest BCUT2D eigenvalue weighted by molar-refractivity contribution is 6.30. The topological polar surface area (TPSA) is 49.0 Å². The fraction of sp³-hybridized carbons (Fsp3) is 0.231. The molecule has 1 aliphatic rings. The average molecular weight is 430 g/mol. The molecule has 1 aliphatic heterocycles. The first-order valence-corrected chi connectivity index (χ1v) is 11.1. The summed E-state index contributed by atoms with van der Waals surface area (Å²) in [6, 6.07) is 22.2. The van der Waals surface area contributed by atoms with E-state index in [0.29, 0.717) is 10.6 Å². The largest absolute Gasteiger partial charge is 0.332 e. The van der Waals surface area contributed by atoms with Gasteiger partial charge in [0.25, 0.3) is 5.91 Å². The summed E-state index contributed by atoms with van der Waals surface area (Å²) in [4.78, 5) is 15.4. The second-order valence-corrected chi connectivity index (χ2v) is 8.74. The van der Waals surface area contributed by atoms with Crippen LogP contribution in [0.2, 0.25) is 5.02 Å². The lowest BCUT2D eigenvalue weighted by Gasteiger charge is -2.25. The van der Waals surface area contributed by atoms with Gasteiger partial charge in [-0.3, -0.25) is 9.89 Å². The predicted molar refractivity (Wildman–Crippen MR) is 125 cm³/mol. The van der Waals surface area contributed by atoms with E-state index in [4.69, 9.17) is 11.6 Å². The van der Waals surface area contributed by atoms with Gasteiger partial charge in [-0.2, -0.15) is 5.10 Å². The maximum Gasteiger partial charge on any atom is 0.254 e. The summed E-state index contributed by atoms with van der Waals surface area (Å²) in [6.45, 7) is 2.86. The van der Waals surface area contributed by atoms with Gasteiger partial charge in [-0.15, -0.1) is 0 Å². The molecule has 2 heterocycles. The van der Waals surface area contributed by atoms with E-state index in [2.05, 4.69) is 41.4 Å². The minimum Gasteiger partial charge on any atom is -0.332 e. The second kappa shape index (κ2) is 8.20. The number of benzene rings is 3. The third-order valence-electron chi connectivity index (χ3n) is 6.11. The van der Waals surface area contributed by atoms with Crippen molar-refractivity contribution in [1.82, 2.24) is 15.1 Å². The summed E-state index contributed by atoms with van der Waals surface area (Å²) in [6.07, 6.45) is 2.71. The fourth-order valence-electron chi connectivity index (χ4n) is 4.56. The zero-order chi connectivity index (χ0) is 21.4. The lowest BCUT2D eigenvalue weighted by molar-refractivity contribution is 0.0736. The molecule has 1 fully saturated rings. The molecule has 31 heavy (non-hydrogen) atoms. The number of hydrogen-bond donors (Lipinski definition) is 1. The number of carbonyl (C=O) groups excluding carboxylic acids is 1. The van der Waals surface area contributed by atoms with Gasteiger partial charge in [-0.05, 0) is 61.2 Å². The summed E-state index contributed by atoms with van der Waals surface area (Å²) >= 11 is 6.05. The van der Waals surface area contributed by atoms with Gasteiger partial charge in [0.05, 0.1) is 17.3 Å². The van der Waals surface area contributed by atoms with E-state index >= 15 is 0 Å². The van der Waals surface area contributed by atoms with Gasteiger partial charge in [0, 0.05) is 28.9 Å². The van der Waals surface area contributed by atoms with Crippen molar-refractivity contribution < 1.29 is 4.79 Å². The average Bonchev–Trinajstić information content (AvgIpc) is 3.41. The van der Waals surface area contributed by atoms with E-state index in [1.807, 2.05) is 47.4 Å². The highest BCUT2D eigenvalue weighted by Crippen LogP contribution is 2.34. The van der Waals surface area contributed by atoms with Crippen molar-refractivity contribution >= 4 is 28.4 Å². The van der Waals surface area contributed by atoms with Crippen molar-refractivity contribution in [2.24, 2.45) is 0 Å². The van der Waals surface area contributed by atoms with E-state index in [1.54, 1.807) is 0 Å². The van der Waals surface area contributed by atoms with Crippen LogP contribution in [-0.2, 0) is 6.42 Å². The molecule has 1 saturated heterocycles. The quantitative estimate of drug-likeness (QED) is 0.426. The van der Waals surface area contributed by atoms with Crippen LogP contribution in [0.4, 0.5) is 0 Å². The molecule has 0 aliphatic carbocycles. The van der Waals surface area contributed by atoms with Crippen LogP contribution in [0.15, 0.2) is 66.7 Å². The zero-order valence-electron chi connectivity index (χ0n) is 17.4. The molecule has 1 amide bonds. The zero-order valence-corrected chi connectivity index (χ0v) is 18.2. The number of nitrogens with zero attached hydrogens (tertiary/aromatic N) is 2. The number of amides is 1. The Labute approximate surface area is 186 Å². The highest BCUT2D eigenvalue weighted by Gasteiger charge is 2.30. The molecule has 1 atom stereocenters. The molecule has 1 N–H and O–H groups in total. The van der Waals surface area contributed by atoms with Crippen LogP contribution in [-0.4, -0.2) is 27.5 Å². The smallest absolute Gasteiger partial charge is 0.254 e. The predicted octanol–water partition coefficient (Wildman–Crippen LogP) is 6.09. The standard InChI is InChI=1S/C26H24ClN3O/c1-17-4-2-5-18(14-17)15-24-22-16-20(9-12-23(22)28-29-24)26(31)30-13-3-6-25(30)19-7-10-21(27)11-8-19/h2,4-5,7-12,14,16,25H,3,6,13,15H2,1H3,(H,28,29)/t25-/m0/s1. The SMILES string of the molecule is Cc1cccc(Cc2n[nH]c3ccc(C(=O)N4CCC[C@H]4c4ccc(Cl)cc4)cc23)c1. The molecule has 4 aromatic rings. The Morgan fingerprint density at radius 1 is 1.13 bits per heavy atom. The number of fused-ring (bicyclic) bond motifs is 1. The van der Waals surface area contributed by atoms with Crippen LogP contribution in [0.5, 0.6) is 0 Å². The van der Waals surface area contributed by atoms with Gasteiger partial charge in [0.1, 0.15) is 0 Å². The first-order chi connectivity index (χ1) is 15.1. The third-order valence-corrected chi connectivity index (χ3v) is 6.36. The van der Waals surface area contributed by atoms with Crippen molar-refractivity contribution in [1.29, 1.82) is 0 Å². The fourth-order valence-corrected chi connectivity index (χ4v) is 4.68. The van der Waals surface area contributed by atoms with Crippen molar-refractivity contribution in [3.63, 3.8) is 0 Å². The summed E-state index contributed by atoms with van der Waals surface area (Å²) in [5.41, 5.74) is 6.21. The Balaban J connectivity index is 1.44. The number of aromatic nitrogens is 2. The van der Waals surface area contributed by atoms with E-state index in [0.717, 1.165) is 48.0 Å². The number of halogens is 1. The van der Waals surface area contributed by atoms with Crippen molar-refractivity contribution in [3.05, 3.63) is 99.7 Å². The molecule has 0 spiro atoms. The molecule has 0 radical (unpaired) electrons. The van der Waals surface area contributed by atoms with Crippen molar-refractivity contribution in [2.75, 3.05) is 6.54 Å². The number of aryl methyl sites for hydroxylation is 1. The summed E-state index contributed by atoms with van der Waals surface area (Å²) < 4.78 is 0. The molecule has 0 unspecified atom stereocenters. The minimum atomic E-state index is 0.0713. The second-order valence-electron chi connectivity index (χ2n) is 8.30. The molecule has 1 aromatic heterocycles. The van der Waals surface area contributed by atoms with Crippen LogP contribution in [0.3, 0.4) is 0 Å². The maximum atomic E-state index is 13.4. The third kappa shape index (κ3) is 3.96. The molecule has 5 rings (SSSR count). The molecule has 156 valence electrons. The molecular formula is C26H24ClN3O. The number of rotatable bonds is 4. The molecule has 5 heteroatoms. The Morgan fingerprint density at radius 3 is 2.77 bits per heavy atom. The number of likely N-dealkylation sites (tertiary alicyclic amines) is 1. The lowest BCUT2D eigenvalue weighted by Crippen LogP contribution is -2.30. The molecular weight excluding hydrogens is 406 g/mol. The van der Waals surface area contributed by atoms with E-state index in [1.165, 1.54) is 11.1 Å². The van der Waals surface area contributed by atoms with Crippen LogP contribution in [0.1, 0.15) is 51.6 Å². The molecule has 4 nitrogen and oxygen atoms in total. The lowest BCUT2D eigenvalue weighted by atomic mass is 10.0. The van der Waals surface area contributed by atoms with Crippen molar-refractivity contribution in [3.8, 4) is 0 Å². The Morgan fingerprint density at radius 2 is 1.97 bits per heavy atom. The Bertz CT molecular complexity index is 1250. The number of hydrogen-bond acceptors (Lipinski definition) is 2. The summed E-state index contributed by atoms with van der Waals surface area (Å²) in [5.74, 6) is 0.0713. The molecule has 0 bridgehead atoms. The van der Waals surface area contributed by atoms with E-state index in [-0.39, 0.29) is 11.9 Å². The molecule has 0 saturated carbocycles. The normalized spacial score (nSPS) is 16.2. The van der Waals surface area contributed by atoms with E-state index in [9.17, 15) is 4.79 Å². The van der Waals surface area contributed by atoms with Crippen LogP contribution < -0.4 is 0 Å². The number of nitrogens with one attached hydrogen (secondary N) is 1. The van der Waals surface area contributed by atoms with Crippen LogP contribution in [0, 0.1) is 6.92 Å². The first-order valence-electron chi connectivity index (χ1n) is 10.7. The minimum absolute atomic E-state index is 0.0713. The van der Waals surface area contributed by atoms with Gasteiger partial charge in [-0.1, -0.05) is 53.6 Å². The van der Waals surface area contributed by atoms with E-state index < -0.39 is 0 Å². The van der Waals surface area contributed by atoms with Crippen LogP contribution in [0.25, 0.3) is 10.9 Å². The van der Waals surface area contributed by atoms with Gasteiger partial charge >= 0.3 is 0 Å². The Kier molecular flexibility index (Phi) is 5.24. The number of aromatic amines is 1. The van der Waals surface area contributed by atoms with Gasteiger partial charge in [0.2, 0.25) is 0 Å². The van der Waals surface area contributed by atoms with Gasteiger partial charge < -0.3 is 4.90 Å².